The smallest absolute Gasteiger partial charge is 0.276 e. The van der Waals surface area contributed by atoms with Gasteiger partial charge in [-0.3, -0.25) is 4.79 Å². The van der Waals surface area contributed by atoms with Crippen LogP contribution in [0.25, 0.3) is 5.69 Å². The molecular formula is C24H24FN3O3. The van der Waals surface area contributed by atoms with E-state index < -0.39 is 0 Å². The van der Waals surface area contributed by atoms with Crippen molar-refractivity contribution in [3.05, 3.63) is 71.3 Å². The van der Waals surface area contributed by atoms with Crippen molar-refractivity contribution in [1.29, 1.82) is 0 Å². The molecule has 7 heteroatoms. The Kier molecular flexibility index (Phi) is 5.42. The van der Waals surface area contributed by atoms with Crippen LogP contribution >= 0.6 is 0 Å². The number of rotatable bonds is 6. The lowest BCUT2D eigenvalue weighted by Gasteiger charge is -2.12. The third-order valence-electron chi connectivity index (χ3n) is 5.77. The summed E-state index contributed by atoms with van der Waals surface area (Å²) in [5.74, 6) is 0.137. The van der Waals surface area contributed by atoms with Gasteiger partial charge in [0, 0.05) is 29.6 Å². The van der Waals surface area contributed by atoms with Crippen LogP contribution in [0.4, 0.5) is 10.1 Å². The Labute approximate surface area is 180 Å². The molecule has 6 nitrogen and oxygen atoms in total. The molecule has 2 aliphatic rings. The Hall–Kier alpha value is -3.19. The number of carbonyl (C=O) groups is 1. The summed E-state index contributed by atoms with van der Waals surface area (Å²) in [6.45, 7) is 1.30. The van der Waals surface area contributed by atoms with Gasteiger partial charge in [-0.15, -0.1) is 0 Å². The SMILES string of the molecule is O=C(Nc1cccc(OCC2CCCO2)c1)c1nn(-c2ccc(F)cc2)c2c1CCC2. The summed E-state index contributed by atoms with van der Waals surface area (Å²) in [7, 11) is 0. The van der Waals surface area contributed by atoms with Crippen molar-refractivity contribution in [2.45, 2.75) is 38.2 Å². The first-order chi connectivity index (χ1) is 15.2. The van der Waals surface area contributed by atoms with Gasteiger partial charge in [0.25, 0.3) is 5.91 Å². The minimum Gasteiger partial charge on any atom is -0.491 e. The van der Waals surface area contributed by atoms with E-state index in [1.54, 1.807) is 16.8 Å². The number of hydrogen-bond donors (Lipinski definition) is 1. The number of fused-ring (bicyclic) bond motifs is 1. The number of anilines is 1. The third-order valence-corrected chi connectivity index (χ3v) is 5.77. The number of hydrogen-bond acceptors (Lipinski definition) is 4. The number of nitrogens with zero attached hydrogens (tertiary/aromatic N) is 2. The molecule has 160 valence electrons. The number of nitrogens with one attached hydrogen (secondary N) is 1. The van der Waals surface area contributed by atoms with Crippen LogP contribution in [0, 0.1) is 5.82 Å². The zero-order valence-corrected chi connectivity index (χ0v) is 17.1. The van der Waals surface area contributed by atoms with Crippen molar-refractivity contribution in [3.63, 3.8) is 0 Å². The standard InChI is InChI=1S/C24H24FN3O3/c25-16-9-11-18(12-10-16)28-22-8-2-7-21(22)23(27-28)24(29)26-17-4-1-5-19(14-17)31-15-20-6-3-13-30-20/h1,4-5,9-12,14,20H,2-3,6-8,13,15H2,(H,26,29). The molecule has 1 aliphatic heterocycles. The lowest BCUT2D eigenvalue weighted by molar-refractivity contribution is 0.0680. The molecule has 1 fully saturated rings. The summed E-state index contributed by atoms with van der Waals surface area (Å²) in [5, 5.41) is 7.52. The molecule has 31 heavy (non-hydrogen) atoms. The van der Waals surface area contributed by atoms with Crippen LogP contribution in [-0.2, 0) is 17.6 Å². The summed E-state index contributed by atoms with van der Waals surface area (Å²) in [5.41, 5.74) is 3.81. The fourth-order valence-corrected chi connectivity index (χ4v) is 4.23. The van der Waals surface area contributed by atoms with Crippen LogP contribution in [0.15, 0.2) is 48.5 Å². The van der Waals surface area contributed by atoms with E-state index >= 15 is 0 Å². The van der Waals surface area contributed by atoms with Gasteiger partial charge in [-0.05, 0) is 68.5 Å². The van der Waals surface area contributed by atoms with E-state index in [9.17, 15) is 9.18 Å². The Balaban J connectivity index is 1.33. The van der Waals surface area contributed by atoms with E-state index in [1.165, 1.54) is 12.1 Å². The molecule has 1 aromatic heterocycles. The lowest BCUT2D eigenvalue weighted by atomic mass is 10.2. The number of benzene rings is 2. The summed E-state index contributed by atoms with van der Waals surface area (Å²) in [4.78, 5) is 13.0. The maximum absolute atomic E-state index is 13.3. The highest BCUT2D eigenvalue weighted by molar-refractivity contribution is 6.04. The fourth-order valence-electron chi connectivity index (χ4n) is 4.23. The first-order valence-corrected chi connectivity index (χ1v) is 10.7. The number of amides is 1. The van der Waals surface area contributed by atoms with Crippen LogP contribution in [-0.4, -0.2) is 35.0 Å². The largest absolute Gasteiger partial charge is 0.491 e. The second-order valence-corrected chi connectivity index (χ2v) is 7.94. The Bertz CT molecular complexity index is 1090. The van der Waals surface area contributed by atoms with Gasteiger partial charge in [0.2, 0.25) is 0 Å². The molecule has 1 unspecified atom stereocenters. The number of halogens is 1. The Morgan fingerprint density at radius 3 is 2.87 bits per heavy atom. The summed E-state index contributed by atoms with van der Waals surface area (Å²) < 4.78 is 26.5. The zero-order valence-electron chi connectivity index (χ0n) is 17.1. The normalized spacial score (nSPS) is 17.5. The predicted octanol–water partition coefficient (Wildman–Crippen LogP) is 4.31. The van der Waals surface area contributed by atoms with Gasteiger partial charge in [-0.25, -0.2) is 9.07 Å². The van der Waals surface area contributed by atoms with Gasteiger partial charge in [-0.1, -0.05) is 6.07 Å². The highest BCUT2D eigenvalue weighted by atomic mass is 19.1. The van der Waals surface area contributed by atoms with Crippen LogP contribution in [0.3, 0.4) is 0 Å². The molecule has 2 aromatic carbocycles. The molecule has 0 bridgehead atoms. The molecule has 5 rings (SSSR count). The van der Waals surface area contributed by atoms with Crippen molar-refractivity contribution in [2.75, 3.05) is 18.5 Å². The van der Waals surface area contributed by atoms with Crippen molar-refractivity contribution < 1.29 is 18.7 Å². The van der Waals surface area contributed by atoms with Crippen molar-refractivity contribution in [1.82, 2.24) is 9.78 Å². The van der Waals surface area contributed by atoms with Crippen molar-refractivity contribution in [2.24, 2.45) is 0 Å². The second-order valence-electron chi connectivity index (χ2n) is 7.94. The molecule has 1 saturated heterocycles. The van der Waals surface area contributed by atoms with E-state index in [1.807, 2.05) is 24.3 Å². The van der Waals surface area contributed by atoms with Crippen LogP contribution in [0.2, 0.25) is 0 Å². The Morgan fingerprint density at radius 1 is 1.19 bits per heavy atom. The number of ether oxygens (including phenoxy) is 2. The van der Waals surface area contributed by atoms with Gasteiger partial charge in [0.1, 0.15) is 18.2 Å². The highest BCUT2D eigenvalue weighted by Crippen LogP contribution is 2.29. The maximum Gasteiger partial charge on any atom is 0.276 e. The molecule has 0 spiro atoms. The summed E-state index contributed by atoms with van der Waals surface area (Å²) in [6, 6.07) is 13.5. The highest BCUT2D eigenvalue weighted by Gasteiger charge is 2.27. The minimum atomic E-state index is -0.299. The molecule has 2 heterocycles. The lowest BCUT2D eigenvalue weighted by Crippen LogP contribution is -2.17. The number of carbonyl (C=O) groups excluding carboxylic acids is 1. The molecule has 3 aromatic rings. The molecule has 1 atom stereocenters. The average molecular weight is 421 g/mol. The van der Waals surface area contributed by atoms with Gasteiger partial charge in [-0.2, -0.15) is 5.10 Å². The number of aromatic nitrogens is 2. The maximum atomic E-state index is 13.3. The quantitative estimate of drug-likeness (QED) is 0.644. The molecule has 1 aliphatic carbocycles. The summed E-state index contributed by atoms with van der Waals surface area (Å²) >= 11 is 0. The fraction of sp³-hybridized carbons (Fsp3) is 0.333. The van der Waals surface area contributed by atoms with Crippen LogP contribution in [0.1, 0.15) is 41.0 Å². The molecule has 0 saturated carbocycles. The van der Waals surface area contributed by atoms with E-state index in [2.05, 4.69) is 10.4 Å². The molecule has 0 radical (unpaired) electrons. The topological polar surface area (TPSA) is 65.4 Å². The van der Waals surface area contributed by atoms with Gasteiger partial charge >= 0.3 is 0 Å². The average Bonchev–Trinajstić information content (AvgIpc) is 3.51. The molecule has 1 N–H and O–H groups in total. The van der Waals surface area contributed by atoms with E-state index in [0.717, 1.165) is 55.7 Å². The van der Waals surface area contributed by atoms with E-state index in [0.29, 0.717) is 23.7 Å². The van der Waals surface area contributed by atoms with E-state index in [-0.39, 0.29) is 17.8 Å². The first-order valence-electron chi connectivity index (χ1n) is 10.7. The molecular weight excluding hydrogens is 397 g/mol. The molecule has 1 amide bonds. The van der Waals surface area contributed by atoms with Crippen molar-refractivity contribution >= 4 is 11.6 Å². The van der Waals surface area contributed by atoms with Crippen LogP contribution < -0.4 is 10.1 Å². The predicted molar refractivity (Wildman–Crippen MR) is 114 cm³/mol. The zero-order chi connectivity index (χ0) is 21.2. The van der Waals surface area contributed by atoms with Crippen molar-refractivity contribution in [3.8, 4) is 11.4 Å². The van der Waals surface area contributed by atoms with Gasteiger partial charge in [0.05, 0.1) is 11.8 Å². The van der Waals surface area contributed by atoms with Gasteiger partial charge in [0.15, 0.2) is 5.69 Å². The minimum absolute atomic E-state index is 0.135. The monoisotopic (exact) mass is 421 g/mol. The van der Waals surface area contributed by atoms with Gasteiger partial charge < -0.3 is 14.8 Å². The summed E-state index contributed by atoms with van der Waals surface area (Å²) in [6.07, 6.45) is 4.85. The van der Waals surface area contributed by atoms with E-state index in [4.69, 9.17) is 9.47 Å². The first kappa shape index (κ1) is 19.8. The Morgan fingerprint density at radius 2 is 2.06 bits per heavy atom. The van der Waals surface area contributed by atoms with Crippen LogP contribution in [0.5, 0.6) is 5.75 Å². The second kappa shape index (κ2) is 8.51. The third kappa shape index (κ3) is 4.18.